The van der Waals surface area contributed by atoms with Gasteiger partial charge in [-0.2, -0.15) is 0 Å². The maximum atomic E-state index is 14.2. The molecule has 1 atom stereocenters. The summed E-state index contributed by atoms with van der Waals surface area (Å²) in [6, 6.07) is 4.41. The summed E-state index contributed by atoms with van der Waals surface area (Å²) >= 11 is 0. The fourth-order valence-corrected chi connectivity index (χ4v) is 3.96. The van der Waals surface area contributed by atoms with E-state index >= 15 is 0 Å². The van der Waals surface area contributed by atoms with E-state index in [1.165, 1.54) is 24.1 Å². The lowest BCUT2D eigenvalue weighted by Crippen LogP contribution is -2.61. The van der Waals surface area contributed by atoms with Crippen LogP contribution < -0.4 is 4.74 Å². The number of aliphatic hydroxyl groups is 1. The van der Waals surface area contributed by atoms with Crippen molar-refractivity contribution in [3.8, 4) is 5.75 Å². The Kier molecular flexibility index (Phi) is 6.20. The predicted octanol–water partition coefficient (Wildman–Crippen LogP) is 0.852. The van der Waals surface area contributed by atoms with Gasteiger partial charge in [0.1, 0.15) is 11.6 Å². The summed E-state index contributed by atoms with van der Waals surface area (Å²) in [6.07, 6.45) is 0.960. The number of nitrogens with zero attached hydrogens (tertiary/aromatic N) is 3. The first-order chi connectivity index (χ1) is 13.4. The number of methoxy groups -OCH3 is 1. The molecule has 3 rings (SSSR count). The van der Waals surface area contributed by atoms with Crippen molar-refractivity contribution in [2.75, 3.05) is 46.4 Å². The van der Waals surface area contributed by atoms with E-state index in [-0.39, 0.29) is 25.5 Å². The largest absolute Gasteiger partial charge is 0.497 e. The highest BCUT2D eigenvalue weighted by Crippen LogP contribution is 2.27. The van der Waals surface area contributed by atoms with Gasteiger partial charge in [0.2, 0.25) is 5.91 Å². The van der Waals surface area contributed by atoms with Crippen molar-refractivity contribution in [3.63, 3.8) is 0 Å². The molecule has 0 radical (unpaired) electrons. The van der Waals surface area contributed by atoms with Gasteiger partial charge in [-0.3, -0.25) is 14.5 Å². The molecule has 0 unspecified atom stereocenters. The first kappa shape index (κ1) is 20.5. The van der Waals surface area contributed by atoms with Crippen LogP contribution in [0.15, 0.2) is 18.2 Å². The molecular formula is C20H28FN3O4. The first-order valence-corrected chi connectivity index (χ1v) is 9.70. The van der Waals surface area contributed by atoms with Crippen LogP contribution in [0.1, 0.15) is 25.3 Å². The van der Waals surface area contributed by atoms with Crippen molar-refractivity contribution in [3.05, 3.63) is 29.6 Å². The number of carbonyl (C=O) groups excluding carboxylic acids is 2. The van der Waals surface area contributed by atoms with E-state index < -0.39 is 17.3 Å². The zero-order valence-corrected chi connectivity index (χ0v) is 16.5. The molecule has 1 aromatic rings. The average Bonchev–Trinajstić information content (AvgIpc) is 2.67. The molecule has 154 valence electrons. The molecule has 28 heavy (non-hydrogen) atoms. The number of β-amino-alcohol motifs (C(OH)–C–C–N with tert-alkyl or cyclic N) is 1. The van der Waals surface area contributed by atoms with E-state index in [4.69, 9.17) is 4.74 Å². The molecule has 0 saturated carbocycles. The van der Waals surface area contributed by atoms with Gasteiger partial charge in [0.05, 0.1) is 13.7 Å². The van der Waals surface area contributed by atoms with Crippen molar-refractivity contribution in [2.24, 2.45) is 0 Å². The summed E-state index contributed by atoms with van der Waals surface area (Å²) in [7, 11) is 1.50. The van der Waals surface area contributed by atoms with Gasteiger partial charge in [0, 0.05) is 44.8 Å². The summed E-state index contributed by atoms with van der Waals surface area (Å²) in [6.45, 7) is 4.67. The average molecular weight is 393 g/mol. The monoisotopic (exact) mass is 393 g/mol. The third-order valence-corrected chi connectivity index (χ3v) is 5.58. The van der Waals surface area contributed by atoms with Crippen LogP contribution in [-0.4, -0.2) is 83.6 Å². The minimum atomic E-state index is -1.55. The molecule has 2 amide bonds. The standard InChI is InChI=1S/C20H28FN3O4/c1-3-23-10-9-22(13-18(23)25)14-20(27)7-4-8-24(19(20)26)12-15-11-16(28-2)5-6-17(15)21/h5-6,11,27H,3-4,7-10,12-14H2,1-2H3/t20-/m1/s1. The highest BCUT2D eigenvalue weighted by Gasteiger charge is 2.44. The van der Waals surface area contributed by atoms with Gasteiger partial charge in [-0.05, 0) is 38.0 Å². The molecule has 1 aromatic carbocycles. The molecule has 0 bridgehead atoms. The minimum Gasteiger partial charge on any atom is -0.497 e. The topological polar surface area (TPSA) is 73.3 Å². The van der Waals surface area contributed by atoms with E-state index in [1.807, 2.05) is 11.8 Å². The predicted molar refractivity (Wildman–Crippen MR) is 101 cm³/mol. The quantitative estimate of drug-likeness (QED) is 0.776. The second-order valence-electron chi connectivity index (χ2n) is 7.50. The number of hydrogen-bond donors (Lipinski definition) is 1. The number of likely N-dealkylation sites (N-methyl/N-ethyl adjacent to an activating group) is 1. The van der Waals surface area contributed by atoms with E-state index in [1.54, 1.807) is 11.0 Å². The van der Waals surface area contributed by atoms with E-state index in [9.17, 15) is 19.1 Å². The Morgan fingerprint density at radius 2 is 2.00 bits per heavy atom. The van der Waals surface area contributed by atoms with E-state index in [0.717, 1.165) is 0 Å². The van der Waals surface area contributed by atoms with Crippen LogP contribution in [0.4, 0.5) is 4.39 Å². The number of amides is 2. The lowest BCUT2D eigenvalue weighted by atomic mass is 9.90. The zero-order valence-electron chi connectivity index (χ0n) is 16.5. The van der Waals surface area contributed by atoms with E-state index in [2.05, 4.69) is 0 Å². The Morgan fingerprint density at radius 1 is 1.21 bits per heavy atom. The molecule has 7 nitrogen and oxygen atoms in total. The zero-order chi connectivity index (χ0) is 20.3. The Labute approximate surface area is 164 Å². The van der Waals surface area contributed by atoms with Crippen molar-refractivity contribution in [2.45, 2.75) is 31.9 Å². The summed E-state index contributed by atoms with van der Waals surface area (Å²) in [5.41, 5.74) is -1.20. The molecule has 0 aliphatic carbocycles. The highest BCUT2D eigenvalue weighted by atomic mass is 19.1. The first-order valence-electron chi connectivity index (χ1n) is 9.70. The number of piperidine rings is 1. The fourth-order valence-electron chi connectivity index (χ4n) is 3.96. The van der Waals surface area contributed by atoms with Crippen LogP contribution in [0, 0.1) is 5.82 Å². The minimum absolute atomic E-state index is 0.0101. The van der Waals surface area contributed by atoms with Crippen LogP contribution >= 0.6 is 0 Å². The Hall–Kier alpha value is -2.19. The smallest absolute Gasteiger partial charge is 0.256 e. The van der Waals surface area contributed by atoms with Gasteiger partial charge >= 0.3 is 0 Å². The van der Waals surface area contributed by atoms with Crippen LogP contribution in [0.2, 0.25) is 0 Å². The summed E-state index contributed by atoms with van der Waals surface area (Å²) in [5.74, 6) is -0.297. The van der Waals surface area contributed by atoms with Crippen molar-refractivity contribution in [1.29, 1.82) is 0 Å². The van der Waals surface area contributed by atoms with Crippen LogP contribution in [0.3, 0.4) is 0 Å². The second kappa shape index (κ2) is 8.45. The SMILES string of the molecule is CCN1CCN(C[C@]2(O)CCCN(Cc3cc(OC)ccc3F)C2=O)CC1=O. The highest BCUT2D eigenvalue weighted by molar-refractivity contribution is 5.86. The van der Waals surface area contributed by atoms with Crippen molar-refractivity contribution >= 4 is 11.8 Å². The van der Waals surface area contributed by atoms with Gasteiger partial charge in [-0.1, -0.05) is 0 Å². The Morgan fingerprint density at radius 3 is 2.68 bits per heavy atom. The van der Waals surface area contributed by atoms with Gasteiger partial charge in [-0.15, -0.1) is 0 Å². The number of hydrogen-bond acceptors (Lipinski definition) is 5. The second-order valence-corrected chi connectivity index (χ2v) is 7.50. The van der Waals surface area contributed by atoms with Crippen LogP contribution in [0.25, 0.3) is 0 Å². The molecule has 2 heterocycles. The number of carbonyl (C=O) groups is 2. The summed E-state index contributed by atoms with van der Waals surface area (Å²) < 4.78 is 19.3. The Balaban J connectivity index is 1.69. The van der Waals surface area contributed by atoms with Gasteiger partial charge < -0.3 is 19.6 Å². The summed E-state index contributed by atoms with van der Waals surface area (Å²) in [5, 5.41) is 11.0. The third kappa shape index (κ3) is 4.28. The number of piperazine rings is 1. The molecule has 2 fully saturated rings. The molecule has 1 N–H and O–H groups in total. The molecule has 8 heteroatoms. The van der Waals surface area contributed by atoms with Gasteiger partial charge in [0.25, 0.3) is 5.91 Å². The number of rotatable bonds is 6. The third-order valence-electron chi connectivity index (χ3n) is 5.58. The number of likely N-dealkylation sites (tertiary alicyclic amines) is 1. The number of ether oxygens (including phenoxy) is 1. The van der Waals surface area contributed by atoms with Crippen LogP contribution in [0.5, 0.6) is 5.75 Å². The summed E-state index contributed by atoms with van der Waals surface area (Å²) in [4.78, 5) is 30.2. The van der Waals surface area contributed by atoms with Crippen LogP contribution in [-0.2, 0) is 16.1 Å². The van der Waals surface area contributed by atoms with Gasteiger partial charge in [0.15, 0.2) is 5.60 Å². The lowest BCUT2D eigenvalue weighted by Gasteiger charge is -2.42. The van der Waals surface area contributed by atoms with Gasteiger partial charge in [-0.25, -0.2) is 4.39 Å². The number of benzene rings is 1. The van der Waals surface area contributed by atoms with E-state index in [0.29, 0.717) is 50.3 Å². The molecule has 2 aliphatic rings. The normalized spacial score (nSPS) is 24.0. The molecule has 2 aliphatic heterocycles. The maximum absolute atomic E-state index is 14.2. The molecular weight excluding hydrogens is 365 g/mol. The molecule has 0 spiro atoms. The fraction of sp³-hybridized carbons (Fsp3) is 0.600. The molecule has 0 aromatic heterocycles. The van der Waals surface area contributed by atoms with Crippen molar-refractivity contribution in [1.82, 2.24) is 14.7 Å². The maximum Gasteiger partial charge on any atom is 0.256 e. The molecule has 2 saturated heterocycles. The number of halogens is 1. The Bertz CT molecular complexity index is 744. The van der Waals surface area contributed by atoms with Crippen molar-refractivity contribution < 1.29 is 23.8 Å². The lowest BCUT2D eigenvalue weighted by molar-refractivity contribution is -0.162.